The molecule has 2 rings (SSSR count). The first-order chi connectivity index (χ1) is 13.5. The average molecular weight is 439 g/mol. The van der Waals surface area contributed by atoms with E-state index in [4.69, 9.17) is 0 Å². The Bertz CT molecular complexity index is 1060. The van der Waals surface area contributed by atoms with E-state index in [0.717, 1.165) is 11.8 Å². The predicted octanol–water partition coefficient (Wildman–Crippen LogP) is 2.76. The number of nitrogens with one attached hydrogen (secondary N) is 1. The third-order valence-corrected chi connectivity index (χ3v) is 7.56. The number of amides is 1. The van der Waals surface area contributed by atoms with Crippen molar-refractivity contribution in [2.24, 2.45) is 0 Å². The maximum atomic E-state index is 12.5. The number of hydrogen-bond donors (Lipinski definition) is 1. The molecule has 1 atom stereocenters. The third-order valence-electron chi connectivity index (χ3n) is 4.56. The number of carbonyl (C=O) groups excluding carboxylic acids is 1. The molecule has 0 saturated carbocycles. The lowest BCUT2D eigenvalue weighted by Crippen LogP contribution is -2.32. The Hall–Kier alpha value is -2.39. The Morgan fingerprint density at radius 2 is 1.52 bits per heavy atom. The summed E-state index contributed by atoms with van der Waals surface area (Å²) in [5.74, 6) is -0.309. The zero-order valence-electron chi connectivity index (χ0n) is 16.9. The van der Waals surface area contributed by atoms with Crippen molar-refractivity contribution < 1.29 is 21.6 Å². The molecular formula is C20H26N2O5S2. The van der Waals surface area contributed by atoms with Gasteiger partial charge >= 0.3 is 0 Å². The van der Waals surface area contributed by atoms with Crippen LogP contribution in [-0.2, 0) is 19.9 Å². The molecular weight excluding hydrogens is 412 g/mol. The Kier molecular flexibility index (Phi) is 7.07. The lowest BCUT2D eigenvalue weighted by Gasteiger charge is -2.22. The highest BCUT2D eigenvalue weighted by Crippen LogP contribution is 2.20. The average Bonchev–Trinajstić information content (AvgIpc) is 2.68. The molecule has 7 nitrogen and oxygen atoms in total. The summed E-state index contributed by atoms with van der Waals surface area (Å²) >= 11 is 0. The number of anilines is 1. The normalized spacial score (nSPS) is 13.0. The summed E-state index contributed by atoms with van der Waals surface area (Å²) < 4.78 is 48.7. The largest absolute Gasteiger partial charge is 0.346 e. The van der Waals surface area contributed by atoms with Crippen LogP contribution in [0.1, 0.15) is 42.7 Å². The second kappa shape index (κ2) is 8.96. The van der Waals surface area contributed by atoms with Crippen LogP contribution >= 0.6 is 0 Å². The highest BCUT2D eigenvalue weighted by atomic mass is 32.2. The van der Waals surface area contributed by atoms with Gasteiger partial charge in [-0.1, -0.05) is 12.1 Å². The predicted molar refractivity (Wildman–Crippen MR) is 114 cm³/mol. The van der Waals surface area contributed by atoms with Crippen LogP contribution in [0.25, 0.3) is 0 Å². The van der Waals surface area contributed by atoms with Crippen molar-refractivity contribution in [3.8, 4) is 0 Å². The summed E-state index contributed by atoms with van der Waals surface area (Å²) in [4.78, 5) is 12.7. The number of sulfonamides is 1. The molecule has 0 radical (unpaired) electrons. The summed E-state index contributed by atoms with van der Waals surface area (Å²) in [6, 6.07) is 12.4. The van der Waals surface area contributed by atoms with E-state index in [1.54, 1.807) is 57.2 Å². The van der Waals surface area contributed by atoms with Gasteiger partial charge in [-0.05, 0) is 62.7 Å². The maximum Gasteiger partial charge on any atom is 0.251 e. The number of rotatable bonds is 8. The second-order valence-electron chi connectivity index (χ2n) is 6.65. The number of sulfone groups is 1. The molecule has 0 aliphatic heterocycles. The van der Waals surface area contributed by atoms with E-state index in [1.165, 1.54) is 16.4 Å². The van der Waals surface area contributed by atoms with E-state index < -0.39 is 19.9 Å². The number of nitrogens with zero attached hydrogens (tertiary/aromatic N) is 1. The van der Waals surface area contributed by atoms with Gasteiger partial charge in [0.1, 0.15) is 0 Å². The number of hydrogen-bond acceptors (Lipinski definition) is 5. The molecule has 0 saturated heterocycles. The maximum absolute atomic E-state index is 12.5. The van der Waals surface area contributed by atoms with Crippen molar-refractivity contribution in [2.75, 3.05) is 22.9 Å². The first-order valence-corrected chi connectivity index (χ1v) is 12.7. The summed E-state index contributed by atoms with van der Waals surface area (Å²) in [6.45, 7) is 5.45. The van der Waals surface area contributed by atoms with Crippen LogP contribution in [0.5, 0.6) is 0 Å². The third kappa shape index (κ3) is 5.57. The zero-order valence-corrected chi connectivity index (χ0v) is 18.5. The highest BCUT2D eigenvalue weighted by Gasteiger charge is 2.19. The summed E-state index contributed by atoms with van der Waals surface area (Å²) in [5, 5.41) is 2.85. The van der Waals surface area contributed by atoms with E-state index in [0.29, 0.717) is 17.8 Å². The molecule has 2 aromatic rings. The van der Waals surface area contributed by atoms with E-state index in [2.05, 4.69) is 5.32 Å². The minimum atomic E-state index is -3.38. The molecule has 0 heterocycles. The molecule has 1 unspecified atom stereocenters. The Labute approximate surface area is 172 Å². The summed E-state index contributed by atoms with van der Waals surface area (Å²) in [7, 11) is -6.65. The van der Waals surface area contributed by atoms with E-state index >= 15 is 0 Å². The molecule has 158 valence electrons. The Balaban J connectivity index is 2.13. The molecule has 0 aromatic heterocycles. The smallest absolute Gasteiger partial charge is 0.251 e. The molecule has 0 bridgehead atoms. The summed E-state index contributed by atoms with van der Waals surface area (Å²) in [5.41, 5.74) is 1.68. The molecule has 0 aliphatic carbocycles. The first-order valence-electron chi connectivity index (χ1n) is 9.21. The molecule has 0 spiro atoms. The molecule has 1 N–H and O–H groups in total. The van der Waals surface area contributed by atoms with Gasteiger partial charge in [-0.25, -0.2) is 16.8 Å². The van der Waals surface area contributed by atoms with Crippen molar-refractivity contribution in [3.63, 3.8) is 0 Å². The first kappa shape index (κ1) is 22.9. The van der Waals surface area contributed by atoms with Gasteiger partial charge in [0.2, 0.25) is 10.0 Å². The fourth-order valence-electron chi connectivity index (χ4n) is 2.84. The monoisotopic (exact) mass is 438 g/mol. The van der Waals surface area contributed by atoms with Gasteiger partial charge in [0, 0.05) is 18.4 Å². The topological polar surface area (TPSA) is 101 Å². The molecule has 0 fully saturated rings. The van der Waals surface area contributed by atoms with Crippen molar-refractivity contribution in [3.05, 3.63) is 59.7 Å². The van der Waals surface area contributed by atoms with Crippen LogP contribution in [0.15, 0.2) is 53.4 Å². The molecule has 9 heteroatoms. The zero-order chi connectivity index (χ0) is 21.8. The highest BCUT2D eigenvalue weighted by molar-refractivity contribution is 7.92. The minimum absolute atomic E-state index is 0.00128. The molecule has 1 amide bonds. The van der Waals surface area contributed by atoms with Gasteiger partial charge in [-0.3, -0.25) is 9.10 Å². The van der Waals surface area contributed by atoms with Gasteiger partial charge in [-0.15, -0.1) is 0 Å². The van der Waals surface area contributed by atoms with E-state index in [9.17, 15) is 21.6 Å². The molecule has 2 aromatic carbocycles. The van der Waals surface area contributed by atoms with E-state index in [-0.39, 0.29) is 22.6 Å². The van der Waals surface area contributed by atoms with Crippen LogP contribution in [0.3, 0.4) is 0 Å². The minimum Gasteiger partial charge on any atom is -0.346 e. The van der Waals surface area contributed by atoms with Gasteiger partial charge in [0.05, 0.1) is 22.4 Å². The van der Waals surface area contributed by atoms with Crippen LogP contribution in [0.2, 0.25) is 0 Å². The lowest BCUT2D eigenvalue weighted by atomic mass is 10.1. The van der Waals surface area contributed by atoms with Crippen molar-refractivity contribution in [1.29, 1.82) is 0 Å². The SMILES string of the molecule is CCN(c1ccc(C(=O)NC(C)c2ccc(S(C)(=O)=O)cc2)cc1)S(=O)(=O)CC. The fourth-order valence-corrected chi connectivity index (χ4v) is 4.62. The molecule has 0 aliphatic rings. The van der Waals surface area contributed by atoms with Crippen molar-refractivity contribution in [2.45, 2.75) is 31.7 Å². The Morgan fingerprint density at radius 3 is 1.97 bits per heavy atom. The lowest BCUT2D eigenvalue weighted by molar-refractivity contribution is 0.0940. The van der Waals surface area contributed by atoms with Gasteiger partial charge in [0.25, 0.3) is 5.91 Å². The standard InChI is InChI=1S/C20H26N2O5S2/c1-5-22(29(26,27)6-2)18-11-7-17(8-12-18)20(23)21-15(3)16-9-13-19(14-10-16)28(4,24)25/h7-15H,5-6H2,1-4H3,(H,21,23). The van der Waals surface area contributed by atoms with Crippen LogP contribution in [-0.4, -0.2) is 41.3 Å². The van der Waals surface area contributed by atoms with Crippen LogP contribution < -0.4 is 9.62 Å². The quantitative estimate of drug-likeness (QED) is 0.683. The van der Waals surface area contributed by atoms with E-state index in [1.807, 2.05) is 0 Å². The summed E-state index contributed by atoms with van der Waals surface area (Å²) in [6.07, 6.45) is 1.14. The Morgan fingerprint density at radius 1 is 0.966 bits per heavy atom. The van der Waals surface area contributed by atoms with Gasteiger partial charge in [-0.2, -0.15) is 0 Å². The van der Waals surface area contributed by atoms with Crippen LogP contribution in [0.4, 0.5) is 5.69 Å². The van der Waals surface area contributed by atoms with Gasteiger partial charge in [0.15, 0.2) is 9.84 Å². The van der Waals surface area contributed by atoms with Crippen molar-refractivity contribution in [1.82, 2.24) is 5.32 Å². The van der Waals surface area contributed by atoms with Crippen LogP contribution in [0, 0.1) is 0 Å². The molecule has 29 heavy (non-hydrogen) atoms. The fraction of sp³-hybridized carbons (Fsp3) is 0.350. The number of carbonyl (C=O) groups is 1. The number of benzene rings is 2. The second-order valence-corrected chi connectivity index (χ2v) is 10.8. The van der Waals surface area contributed by atoms with Crippen molar-refractivity contribution >= 4 is 31.5 Å². The van der Waals surface area contributed by atoms with Gasteiger partial charge < -0.3 is 5.32 Å².